The second-order valence-electron chi connectivity index (χ2n) is 7.33. The zero-order valence-corrected chi connectivity index (χ0v) is 15.8. The van der Waals surface area contributed by atoms with Gasteiger partial charge in [0.25, 0.3) is 0 Å². The summed E-state index contributed by atoms with van der Waals surface area (Å²) >= 11 is 0. The highest BCUT2D eigenvalue weighted by Crippen LogP contribution is 2.28. The van der Waals surface area contributed by atoms with Crippen molar-refractivity contribution in [1.29, 1.82) is 0 Å². The predicted octanol–water partition coefficient (Wildman–Crippen LogP) is 3.41. The Kier molecular flexibility index (Phi) is 5.87. The number of benzene rings is 1. The molecular weight excluding hydrogens is 354 g/mol. The fraction of sp³-hybridized carbons (Fsp3) is 0.364. The van der Waals surface area contributed by atoms with Gasteiger partial charge in [0, 0.05) is 18.1 Å². The van der Waals surface area contributed by atoms with Crippen LogP contribution in [0.1, 0.15) is 24.3 Å². The van der Waals surface area contributed by atoms with Crippen LogP contribution < -0.4 is 10.6 Å². The van der Waals surface area contributed by atoms with Crippen molar-refractivity contribution in [3.63, 3.8) is 0 Å². The van der Waals surface area contributed by atoms with E-state index in [9.17, 15) is 4.79 Å². The molecule has 6 nitrogen and oxygen atoms in total. The van der Waals surface area contributed by atoms with Gasteiger partial charge < -0.3 is 19.6 Å². The average Bonchev–Trinajstić information content (AvgIpc) is 3.41. The van der Waals surface area contributed by atoms with Crippen LogP contribution in [0.2, 0.25) is 0 Å². The molecule has 3 heterocycles. The van der Waals surface area contributed by atoms with Gasteiger partial charge >= 0.3 is 0 Å². The van der Waals surface area contributed by atoms with E-state index in [4.69, 9.17) is 8.94 Å². The summed E-state index contributed by atoms with van der Waals surface area (Å²) in [5.41, 5.74) is 1.96. The smallest absolute Gasteiger partial charge is 0.220 e. The minimum Gasteiger partial charge on any atom is -0.467 e. The van der Waals surface area contributed by atoms with Gasteiger partial charge in [-0.15, -0.1) is 0 Å². The molecule has 0 radical (unpaired) electrons. The maximum absolute atomic E-state index is 12.4. The van der Waals surface area contributed by atoms with Crippen molar-refractivity contribution in [2.75, 3.05) is 13.1 Å². The van der Waals surface area contributed by atoms with Gasteiger partial charge in [-0.25, -0.2) is 0 Å². The Bertz CT molecular complexity index is 874. The fourth-order valence-electron chi connectivity index (χ4n) is 3.81. The second kappa shape index (κ2) is 8.89. The van der Waals surface area contributed by atoms with E-state index < -0.39 is 0 Å². The second-order valence-corrected chi connectivity index (χ2v) is 7.33. The third-order valence-electron chi connectivity index (χ3n) is 5.34. The van der Waals surface area contributed by atoms with Crippen molar-refractivity contribution in [1.82, 2.24) is 15.8 Å². The van der Waals surface area contributed by atoms with Gasteiger partial charge in [0.2, 0.25) is 5.91 Å². The molecule has 6 heteroatoms. The molecule has 1 aliphatic heterocycles. The number of nitrogens with zero attached hydrogens (tertiary/aromatic N) is 1. The molecule has 1 saturated heterocycles. The van der Waals surface area contributed by atoms with Crippen LogP contribution in [0.3, 0.4) is 0 Å². The first-order chi connectivity index (χ1) is 13.8. The summed E-state index contributed by atoms with van der Waals surface area (Å²) < 4.78 is 10.8. The maximum Gasteiger partial charge on any atom is 0.220 e. The largest absolute Gasteiger partial charge is 0.467 e. The molecule has 1 aromatic carbocycles. The Morgan fingerprint density at radius 3 is 2.89 bits per heavy atom. The molecule has 28 heavy (non-hydrogen) atoms. The number of hydrogen-bond acceptors (Lipinski definition) is 5. The lowest BCUT2D eigenvalue weighted by Gasteiger charge is -2.31. The summed E-state index contributed by atoms with van der Waals surface area (Å²) in [7, 11) is 0. The molecule has 0 aliphatic carbocycles. The number of carbonyl (C=O) groups excluding carboxylic acids is 1. The zero-order valence-electron chi connectivity index (χ0n) is 15.8. The summed E-state index contributed by atoms with van der Waals surface area (Å²) in [6.07, 6.45) is 3.93. The lowest BCUT2D eigenvalue weighted by atomic mass is 9.81. The van der Waals surface area contributed by atoms with Gasteiger partial charge in [-0.3, -0.25) is 4.79 Å². The number of hydrogen-bond donors (Lipinski definition) is 2. The quantitative estimate of drug-likeness (QED) is 0.658. The molecule has 0 unspecified atom stereocenters. The molecule has 0 spiro atoms. The van der Waals surface area contributed by atoms with Gasteiger partial charge in [-0.05, 0) is 49.9 Å². The SMILES string of the molecule is O=C(C[C@@H]1CCNC[C@@H]1Cc1cc(-c2ccccc2)on1)NCc1ccco1. The molecule has 1 amide bonds. The molecule has 0 saturated carbocycles. The predicted molar refractivity (Wildman–Crippen MR) is 105 cm³/mol. The standard InChI is InChI=1S/C22H25N3O3/c26-22(24-15-20-7-4-10-27-20)12-17-8-9-23-14-18(17)11-19-13-21(28-25-19)16-5-2-1-3-6-16/h1-7,10,13,17-18,23H,8-9,11-12,14-15H2,(H,24,26)/t17-,18-/m0/s1. The summed E-state index contributed by atoms with van der Waals surface area (Å²) in [4.78, 5) is 12.4. The Balaban J connectivity index is 1.34. The molecule has 146 valence electrons. The molecule has 2 N–H and O–H groups in total. The van der Waals surface area contributed by atoms with Crippen LogP contribution in [-0.4, -0.2) is 24.2 Å². The van der Waals surface area contributed by atoms with Crippen LogP contribution in [0.15, 0.2) is 63.7 Å². The fourth-order valence-corrected chi connectivity index (χ4v) is 3.81. The first-order valence-electron chi connectivity index (χ1n) is 9.79. The first-order valence-corrected chi connectivity index (χ1v) is 9.79. The van der Waals surface area contributed by atoms with E-state index in [1.165, 1.54) is 0 Å². The van der Waals surface area contributed by atoms with Gasteiger partial charge in [0.1, 0.15) is 5.76 Å². The number of carbonyl (C=O) groups is 1. The highest BCUT2D eigenvalue weighted by molar-refractivity contribution is 5.76. The van der Waals surface area contributed by atoms with Crippen LogP contribution in [0, 0.1) is 11.8 Å². The zero-order chi connectivity index (χ0) is 19.2. The van der Waals surface area contributed by atoms with E-state index >= 15 is 0 Å². The number of furan rings is 1. The van der Waals surface area contributed by atoms with Crippen LogP contribution in [0.4, 0.5) is 0 Å². The number of piperidine rings is 1. The maximum atomic E-state index is 12.4. The van der Waals surface area contributed by atoms with Crippen LogP contribution in [0.5, 0.6) is 0 Å². The van der Waals surface area contributed by atoms with E-state index in [-0.39, 0.29) is 5.91 Å². The number of rotatable bonds is 7. The highest BCUT2D eigenvalue weighted by Gasteiger charge is 2.28. The summed E-state index contributed by atoms with van der Waals surface area (Å²) in [6.45, 7) is 2.27. The van der Waals surface area contributed by atoms with Gasteiger partial charge in [-0.1, -0.05) is 35.5 Å². The molecule has 1 aliphatic rings. The lowest BCUT2D eigenvalue weighted by Crippen LogP contribution is -2.40. The minimum atomic E-state index is 0.0680. The summed E-state index contributed by atoms with van der Waals surface area (Å²) in [5, 5.41) is 10.7. The van der Waals surface area contributed by atoms with Crippen molar-refractivity contribution >= 4 is 5.91 Å². The molecule has 2 aromatic heterocycles. The van der Waals surface area contributed by atoms with Crippen LogP contribution in [-0.2, 0) is 17.8 Å². The molecule has 2 atom stereocenters. The number of aromatic nitrogens is 1. The van der Waals surface area contributed by atoms with E-state index in [1.54, 1.807) is 6.26 Å². The Labute approximate surface area is 164 Å². The first kappa shape index (κ1) is 18.5. The molecule has 4 rings (SSSR count). The van der Waals surface area contributed by atoms with Crippen molar-refractivity contribution in [3.8, 4) is 11.3 Å². The summed E-state index contributed by atoms with van der Waals surface area (Å²) in [6, 6.07) is 15.7. The Hall–Kier alpha value is -2.86. The minimum absolute atomic E-state index is 0.0680. The monoisotopic (exact) mass is 379 g/mol. The lowest BCUT2D eigenvalue weighted by molar-refractivity contribution is -0.122. The Morgan fingerprint density at radius 1 is 1.18 bits per heavy atom. The number of amides is 1. The van der Waals surface area contributed by atoms with E-state index in [1.807, 2.05) is 48.5 Å². The molecule has 0 bridgehead atoms. The third-order valence-corrected chi connectivity index (χ3v) is 5.34. The Morgan fingerprint density at radius 2 is 2.07 bits per heavy atom. The molecule has 1 fully saturated rings. The average molecular weight is 379 g/mol. The topological polar surface area (TPSA) is 80.3 Å². The van der Waals surface area contributed by atoms with Gasteiger partial charge in [0.05, 0.1) is 18.5 Å². The summed E-state index contributed by atoms with van der Waals surface area (Å²) in [5.74, 6) is 2.31. The van der Waals surface area contributed by atoms with E-state index in [0.29, 0.717) is 24.8 Å². The van der Waals surface area contributed by atoms with Crippen molar-refractivity contribution in [2.45, 2.75) is 25.8 Å². The molecular formula is C22H25N3O3. The third kappa shape index (κ3) is 4.70. The van der Waals surface area contributed by atoms with Gasteiger partial charge in [0.15, 0.2) is 5.76 Å². The van der Waals surface area contributed by atoms with Gasteiger partial charge in [-0.2, -0.15) is 0 Å². The van der Waals surface area contributed by atoms with Crippen LogP contribution in [0.25, 0.3) is 11.3 Å². The van der Waals surface area contributed by atoms with Crippen molar-refractivity contribution < 1.29 is 13.7 Å². The van der Waals surface area contributed by atoms with Crippen molar-refractivity contribution in [2.24, 2.45) is 11.8 Å². The van der Waals surface area contributed by atoms with Crippen molar-refractivity contribution in [3.05, 3.63) is 66.2 Å². The normalized spacial score (nSPS) is 19.4. The van der Waals surface area contributed by atoms with E-state index in [0.717, 1.165) is 48.7 Å². The highest BCUT2D eigenvalue weighted by atomic mass is 16.5. The molecule has 3 aromatic rings. The van der Waals surface area contributed by atoms with Crippen LogP contribution >= 0.6 is 0 Å². The number of nitrogens with one attached hydrogen (secondary N) is 2. The van der Waals surface area contributed by atoms with E-state index in [2.05, 4.69) is 15.8 Å².